The van der Waals surface area contributed by atoms with Gasteiger partial charge in [0.25, 0.3) is 0 Å². The standard InChI is InChI=1S/C63H119NO5/c1-3-5-7-9-11-13-15-33-37-41-45-49-53-57-63(68)69-58-54-50-46-42-38-35-32-30-28-26-24-22-20-18-16-17-19-21-23-25-27-29-31-34-36-40-44-48-52-56-62(67)64-60(59-65)61(66)55-51-47-43-39-14-12-10-8-6-4-2/h7,9,13,15-16,18,60-61,65-66H,3-6,8,10-12,14,17,19-59H2,1-2H3,(H,64,67)/b9-7-,15-13-,18-16-. The van der Waals surface area contributed by atoms with Crippen LogP contribution in [0.25, 0.3) is 0 Å². The number of esters is 1. The molecule has 0 aromatic rings. The summed E-state index contributed by atoms with van der Waals surface area (Å²) in [6.45, 7) is 4.88. The molecule has 0 saturated carbocycles. The van der Waals surface area contributed by atoms with E-state index in [0.29, 0.717) is 25.9 Å². The molecule has 3 N–H and O–H groups in total. The second-order valence-electron chi connectivity index (χ2n) is 21.0. The lowest BCUT2D eigenvalue weighted by Gasteiger charge is -2.22. The van der Waals surface area contributed by atoms with Crippen molar-refractivity contribution in [1.29, 1.82) is 0 Å². The van der Waals surface area contributed by atoms with Gasteiger partial charge in [0.1, 0.15) is 0 Å². The van der Waals surface area contributed by atoms with Gasteiger partial charge in [0.05, 0.1) is 25.4 Å². The van der Waals surface area contributed by atoms with Gasteiger partial charge < -0.3 is 20.3 Å². The molecular formula is C63H119NO5. The van der Waals surface area contributed by atoms with Gasteiger partial charge in [-0.15, -0.1) is 0 Å². The minimum Gasteiger partial charge on any atom is -0.466 e. The van der Waals surface area contributed by atoms with E-state index in [1.54, 1.807) is 0 Å². The van der Waals surface area contributed by atoms with E-state index in [2.05, 4.69) is 55.6 Å². The molecule has 2 unspecified atom stereocenters. The normalized spacial score (nSPS) is 12.8. The van der Waals surface area contributed by atoms with Gasteiger partial charge >= 0.3 is 5.97 Å². The van der Waals surface area contributed by atoms with Crippen molar-refractivity contribution in [1.82, 2.24) is 5.32 Å². The lowest BCUT2D eigenvalue weighted by atomic mass is 10.0. The molecule has 0 aliphatic rings. The second kappa shape index (κ2) is 58.6. The van der Waals surface area contributed by atoms with Crippen LogP contribution < -0.4 is 5.32 Å². The average Bonchev–Trinajstić information content (AvgIpc) is 3.35. The molecule has 0 bridgehead atoms. The first-order valence-electron chi connectivity index (χ1n) is 30.7. The van der Waals surface area contributed by atoms with E-state index in [1.807, 2.05) is 0 Å². The van der Waals surface area contributed by atoms with Gasteiger partial charge in [-0.3, -0.25) is 9.59 Å². The fourth-order valence-electron chi connectivity index (χ4n) is 9.44. The lowest BCUT2D eigenvalue weighted by Crippen LogP contribution is -2.45. The zero-order chi connectivity index (χ0) is 50.0. The molecule has 0 aliphatic carbocycles. The molecular weight excluding hydrogens is 851 g/mol. The summed E-state index contributed by atoms with van der Waals surface area (Å²) in [5.41, 5.74) is 0. The Hall–Kier alpha value is -1.92. The Bertz CT molecular complexity index is 1120. The lowest BCUT2D eigenvalue weighted by molar-refractivity contribution is -0.143. The predicted octanol–water partition coefficient (Wildman–Crippen LogP) is 19.2. The van der Waals surface area contributed by atoms with Gasteiger partial charge in [-0.1, -0.05) is 275 Å². The minimum atomic E-state index is -0.662. The van der Waals surface area contributed by atoms with Gasteiger partial charge in [0, 0.05) is 12.8 Å². The number of carbonyl (C=O) groups is 2. The van der Waals surface area contributed by atoms with Crippen LogP contribution in [0.1, 0.15) is 328 Å². The first-order valence-corrected chi connectivity index (χ1v) is 30.7. The highest BCUT2D eigenvalue weighted by molar-refractivity contribution is 5.76. The van der Waals surface area contributed by atoms with Crippen molar-refractivity contribution in [2.45, 2.75) is 341 Å². The molecule has 6 heteroatoms. The van der Waals surface area contributed by atoms with E-state index in [1.165, 1.54) is 244 Å². The van der Waals surface area contributed by atoms with E-state index < -0.39 is 12.1 Å². The fraction of sp³-hybridized carbons (Fsp3) is 0.873. The zero-order valence-corrected chi connectivity index (χ0v) is 46.3. The number of allylic oxidation sites excluding steroid dienone is 6. The first kappa shape index (κ1) is 67.1. The van der Waals surface area contributed by atoms with Crippen LogP contribution >= 0.6 is 0 Å². The quantitative estimate of drug-likeness (QED) is 0.0321. The van der Waals surface area contributed by atoms with Crippen molar-refractivity contribution in [2.75, 3.05) is 13.2 Å². The Kier molecular flexibility index (Phi) is 57.0. The molecule has 406 valence electrons. The predicted molar refractivity (Wildman–Crippen MR) is 301 cm³/mol. The molecule has 0 rings (SSSR count). The number of hydrogen-bond donors (Lipinski definition) is 3. The van der Waals surface area contributed by atoms with Crippen LogP contribution in [0.3, 0.4) is 0 Å². The van der Waals surface area contributed by atoms with E-state index in [0.717, 1.165) is 51.4 Å². The Balaban J connectivity index is 3.35. The number of rotatable bonds is 57. The molecule has 0 heterocycles. The van der Waals surface area contributed by atoms with Crippen molar-refractivity contribution in [3.05, 3.63) is 36.5 Å². The van der Waals surface area contributed by atoms with Gasteiger partial charge in [-0.25, -0.2) is 0 Å². The maximum absolute atomic E-state index is 12.4. The largest absolute Gasteiger partial charge is 0.466 e. The smallest absolute Gasteiger partial charge is 0.305 e. The van der Waals surface area contributed by atoms with Crippen LogP contribution in [0.15, 0.2) is 36.5 Å². The van der Waals surface area contributed by atoms with Gasteiger partial charge in [-0.05, 0) is 77.0 Å². The van der Waals surface area contributed by atoms with Gasteiger partial charge in [0.2, 0.25) is 5.91 Å². The molecule has 0 aliphatic heterocycles. The zero-order valence-electron chi connectivity index (χ0n) is 46.3. The average molecular weight is 971 g/mol. The number of aliphatic hydroxyl groups excluding tert-OH is 2. The van der Waals surface area contributed by atoms with Crippen LogP contribution in [0.5, 0.6) is 0 Å². The van der Waals surface area contributed by atoms with E-state index in [4.69, 9.17) is 4.74 Å². The topological polar surface area (TPSA) is 95.9 Å². The maximum atomic E-state index is 12.4. The number of aliphatic hydroxyl groups is 2. The van der Waals surface area contributed by atoms with Gasteiger partial charge in [0.15, 0.2) is 0 Å². The molecule has 2 atom stereocenters. The highest BCUT2D eigenvalue weighted by Crippen LogP contribution is 2.17. The van der Waals surface area contributed by atoms with Gasteiger partial charge in [-0.2, -0.15) is 0 Å². The van der Waals surface area contributed by atoms with E-state index in [9.17, 15) is 19.8 Å². The summed E-state index contributed by atoms with van der Waals surface area (Å²) in [6.07, 6.45) is 73.1. The Morgan fingerprint density at radius 3 is 1.17 bits per heavy atom. The summed E-state index contributed by atoms with van der Waals surface area (Å²) in [4.78, 5) is 24.4. The SMILES string of the molecule is CCC/C=C\C/C=C\CCCCCCCC(=O)OCCCCCCCCCCCCCC/C=C\CCCCCCCCCCCCCCCC(=O)NC(CO)C(O)CCCCCCCCCCCC. The van der Waals surface area contributed by atoms with Crippen molar-refractivity contribution < 1.29 is 24.5 Å². The monoisotopic (exact) mass is 970 g/mol. The number of hydrogen-bond acceptors (Lipinski definition) is 5. The molecule has 0 spiro atoms. The molecule has 0 aromatic heterocycles. The number of nitrogens with one attached hydrogen (secondary N) is 1. The summed E-state index contributed by atoms with van der Waals surface area (Å²) in [7, 11) is 0. The first-order chi connectivity index (χ1) is 34.0. The Morgan fingerprint density at radius 2 is 0.754 bits per heavy atom. The third-order valence-electron chi connectivity index (χ3n) is 14.1. The van der Waals surface area contributed by atoms with Crippen LogP contribution in [-0.4, -0.2) is 47.4 Å². The molecule has 0 fully saturated rings. The van der Waals surface area contributed by atoms with Crippen LogP contribution in [0.2, 0.25) is 0 Å². The van der Waals surface area contributed by atoms with Crippen molar-refractivity contribution >= 4 is 11.9 Å². The second-order valence-corrected chi connectivity index (χ2v) is 21.0. The molecule has 1 amide bonds. The summed E-state index contributed by atoms with van der Waals surface area (Å²) < 4.78 is 5.47. The molecule has 0 aromatic carbocycles. The minimum absolute atomic E-state index is 0.000864. The molecule has 69 heavy (non-hydrogen) atoms. The van der Waals surface area contributed by atoms with Crippen LogP contribution in [-0.2, 0) is 14.3 Å². The highest BCUT2D eigenvalue weighted by Gasteiger charge is 2.20. The Labute approximate surface area is 430 Å². The van der Waals surface area contributed by atoms with Crippen molar-refractivity contribution in [3.8, 4) is 0 Å². The van der Waals surface area contributed by atoms with E-state index in [-0.39, 0.29) is 18.5 Å². The maximum Gasteiger partial charge on any atom is 0.305 e. The number of unbranched alkanes of at least 4 members (excludes halogenated alkanes) is 40. The number of amides is 1. The highest BCUT2D eigenvalue weighted by atomic mass is 16.5. The van der Waals surface area contributed by atoms with Crippen LogP contribution in [0.4, 0.5) is 0 Å². The third-order valence-corrected chi connectivity index (χ3v) is 14.1. The fourth-order valence-corrected chi connectivity index (χ4v) is 9.44. The third kappa shape index (κ3) is 55.2. The van der Waals surface area contributed by atoms with Crippen LogP contribution in [0, 0.1) is 0 Å². The Morgan fingerprint density at radius 1 is 0.406 bits per heavy atom. The number of carbonyl (C=O) groups excluding carboxylic acids is 2. The summed E-state index contributed by atoms with van der Waals surface area (Å²) in [6, 6.07) is -0.539. The summed E-state index contributed by atoms with van der Waals surface area (Å²) in [5, 5.41) is 23.2. The summed E-state index contributed by atoms with van der Waals surface area (Å²) >= 11 is 0. The molecule has 0 radical (unpaired) electrons. The summed E-state index contributed by atoms with van der Waals surface area (Å²) in [5.74, 6) is -0.0344. The number of ether oxygens (including phenoxy) is 1. The van der Waals surface area contributed by atoms with E-state index >= 15 is 0 Å². The van der Waals surface area contributed by atoms with Crippen molar-refractivity contribution in [3.63, 3.8) is 0 Å². The van der Waals surface area contributed by atoms with Crippen molar-refractivity contribution in [2.24, 2.45) is 0 Å². The molecule has 0 saturated heterocycles. The molecule has 6 nitrogen and oxygen atoms in total.